The minimum atomic E-state index is -0.630. The molecule has 0 radical (unpaired) electrons. The Morgan fingerprint density at radius 3 is 2.46 bits per heavy atom. The molecule has 5 rings (SSSR count). The zero-order valence-corrected chi connectivity index (χ0v) is 21.9. The molecule has 37 heavy (non-hydrogen) atoms. The molecule has 2 aromatic carbocycles. The number of piperazine rings is 1. The zero-order chi connectivity index (χ0) is 25.8. The van der Waals surface area contributed by atoms with Gasteiger partial charge in [-0.2, -0.15) is 0 Å². The van der Waals surface area contributed by atoms with E-state index in [4.69, 9.17) is 10.5 Å². The van der Waals surface area contributed by atoms with Crippen molar-refractivity contribution >= 4 is 23.1 Å². The third-order valence-electron chi connectivity index (χ3n) is 7.91. The lowest BCUT2D eigenvalue weighted by molar-refractivity contribution is -0.125. The topological polar surface area (TPSA) is 83.7 Å². The molecule has 7 heteroatoms. The molecule has 2 aliphatic heterocycles. The molecule has 0 bridgehead atoms. The number of hydrogen-bond acceptors (Lipinski definition) is 6. The standard InChI is InChI=1S/C30H37N5O2/c1-3-22-19-24(21-32-28(22)31)23-7-9-25(10-8-23)30(11-17-37-18-12-30)29(36)33-26-5-4-6-27(20-26)35-15-13-34(2)14-16-35/h4-10,19-21H,3,11-18H2,1-2H3,(H2,31,32)(H,33,36). The highest BCUT2D eigenvalue weighted by atomic mass is 16.5. The van der Waals surface area contributed by atoms with Crippen LogP contribution in [0, 0.1) is 0 Å². The average molecular weight is 500 g/mol. The highest BCUT2D eigenvalue weighted by Crippen LogP contribution is 2.37. The van der Waals surface area contributed by atoms with Gasteiger partial charge in [0.1, 0.15) is 5.82 Å². The van der Waals surface area contributed by atoms with Gasteiger partial charge in [-0.1, -0.05) is 37.3 Å². The van der Waals surface area contributed by atoms with E-state index in [0.717, 1.165) is 66.2 Å². The normalized spacial score (nSPS) is 17.9. The number of nitrogens with one attached hydrogen (secondary N) is 1. The molecule has 2 saturated heterocycles. The molecule has 0 unspecified atom stereocenters. The van der Waals surface area contributed by atoms with Crippen LogP contribution in [0.5, 0.6) is 0 Å². The van der Waals surface area contributed by atoms with Crippen molar-refractivity contribution in [2.24, 2.45) is 0 Å². The van der Waals surface area contributed by atoms with Gasteiger partial charge in [-0.3, -0.25) is 4.79 Å². The van der Waals surface area contributed by atoms with Crippen molar-refractivity contribution in [2.45, 2.75) is 31.6 Å². The van der Waals surface area contributed by atoms with E-state index in [2.05, 4.69) is 76.5 Å². The number of nitrogen functional groups attached to an aromatic ring is 1. The lowest BCUT2D eigenvalue weighted by atomic mass is 9.73. The summed E-state index contributed by atoms with van der Waals surface area (Å²) in [5, 5.41) is 3.25. The number of nitrogens with two attached hydrogens (primary N) is 1. The van der Waals surface area contributed by atoms with E-state index in [1.165, 1.54) is 0 Å². The SMILES string of the molecule is CCc1cc(-c2ccc(C3(C(=O)Nc4cccc(N5CCN(C)CC5)c4)CCOCC3)cc2)cnc1N. The Labute approximate surface area is 219 Å². The number of nitrogens with zero attached hydrogens (tertiary/aromatic N) is 3. The van der Waals surface area contributed by atoms with Crippen LogP contribution in [0.2, 0.25) is 0 Å². The van der Waals surface area contributed by atoms with Crippen molar-refractivity contribution < 1.29 is 9.53 Å². The summed E-state index contributed by atoms with van der Waals surface area (Å²) in [5.74, 6) is 0.610. The molecule has 1 aromatic heterocycles. The van der Waals surface area contributed by atoms with E-state index in [0.29, 0.717) is 31.9 Å². The molecule has 0 saturated carbocycles. The van der Waals surface area contributed by atoms with Crippen LogP contribution in [0.15, 0.2) is 60.8 Å². The number of hydrogen-bond donors (Lipinski definition) is 2. The Hall–Kier alpha value is -3.42. The van der Waals surface area contributed by atoms with Crippen LogP contribution >= 0.6 is 0 Å². The first kappa shape index (κ1) is 25.2. The van der Waals surface area contributed by atoms with Crippen molar-refractivity contribution in [3.05, 3.63) is 71.9 Å². The Kier molecular flexibility index (Phi) is 7.44. The highest BCUT2D eigenvalue weighted by Gasteiger charge is 2.41. The number of likely N-dealkylation sites (N-methyl/N-ethyl adjacent to an activating group) is 1. The fourth-order valence-corrected chi connectivity index (χ4v) is 5.41. The molecule has 0 aliphatic carbocycles. The number of ether oxygens (including phenoxy) is 1. The predicted molar refractivity (Wildman–Crippen MR) is 150 cm³/mol. The predicted octanol–water partition coefficient (Wildman–Crippen LogP) is 4.33. The van der Waals surface area contributed by atoms with Crippen LogP contribution in [0.3, 0.4) is 0 Å². The molecule has 194 valence electrons. The van der Waals surface area contributed by atoms with E-state index in [1.807, 2.05) is 18.3 Å². The number of amides is 1. The number of anilines is 3. The molecule has 0 spiro atoms. The summed E-state index contributed by atoms with van der Waals surface area (Å²) in [4.78, 5) is 23.0. The van der Waals surface area contributed by atoms with E-state index in [1.54, 1.807) is 0 Å². The van der Waals surface area contributed by atoms with Crippen molar-refractivity contribution in [1.82, 2.24) is 9.88 Å². The summed E-state index contributed by atoms with van der Waals surface area (Å²) in [6.45, 7) is 7.28. The van der Waals surface area contributed by atoms with Crippen molar-refractivity contribution in [3.8, 4) is 11.1 Å². The monoisotopic (exact) mass is 499 g/mol. The van der Waals surface area contributed by atoms with Crippen LogP contribution in [0.1, 0.15) is 30.9 Å². The number of pyridine rings is 1. The molecular weight excluding hydrogens is 462 g/mol. The first-order valence-electron chi connectivity index (χ1n) is 13.3. The third-order valence-corrected chi connectivity index (χ3v) is 7.91. The van der Waals surface area contributed by atoms with E-state index < -0.39 is 5.41 Å². The smallest absolute Gasteiger partial charge is 0.235 e. The fourth-order valence-electron chi connectivity index (χ4n) is 5.41. The van der Waals surface area contributed by atoms with Crippen LogP contribution < -0.4 is 16.0 Å². The minimum absolute atomic E-state index is 0.0292. The largest absolute Gasteiger partial charge is 0.383 e. The number of aryl methyl sites for hydroxylation is 1. The summed E-state index contributed by atoms with van der Waals surface area (Å²) in [7, 11) is 2.16. The Morgan fingerprint density at radius 2 is 1.76 bits per heavy atom. The quantitative estimate of drug-likeness (QED) is 0.525. The lowest BCUT2D eigenvalue weighted by Crippen LogP contribution is -2.45. The number of carbonyl (C=O) groups excluding carboxylic acids is 1. The number of benzene rings is 2. The van der Waals surface area contributed by atoms with Crippen LogP contribution in [-0.4, -0.2) is 62.2 Å². The summed E-state index contributed by atoms with van der Waals surface area (Å²) in [6.07, 6.45) is 3.96. The molecule has 1 amide bonds. The molecule has 2 aliphatic rings. The first-order valence-corrected chi connectivity index (χ1v) is 13.3. The maximum atomic E-state index is 13.9. The van der Waals surface area contributed by atoms with Gasteiger partial charge in [-0.15, -0.1) is 0 Å². The molecule has 0 atom stereocenters. The van der Waals surface area contributed by atoms with Gasteiger partial charge in [-0.05, 0) is 67.3 Å². The summed E-state index contributed by atoms with van der Waals surface area (Å²) >= 11 is 0. The van der Waals surface area contributed by atoms with Gasteiger partial charge < -0.3 is 25.6 Å². The Bertz CT molecular complexity index is 1230. The molecule has 3 N–H and O–H groups in total. The van der Waals surface area contributed by atoms with Gasteiger partial charge in [0.25, 0.3) is 0 Å². The van der Waals surface area contributed by atoms with Gasteiger partial charge in [0.05, 0.1) is 5.41 Å². The van der Waals surface area contributed by atoms with Crippen molar-refractivity contribution in [3.63, 3.8) is 0 Å². The summed E-state index contributed by atoms with van der Waals surface area (Å²) in [5.41, 5.74) is 11.5. The third kappa shape index (κ3) is 5.33. The van der Waals surface area contributed by atoms with Crippen molar-refractivity contribution in [2.75, 3.05) is 62.4 Å². The Balaban J connectivity index is 1.38. The molecule has 2 fully saturated rings. The second-order valence-electron chi connectivity index (χ2n) is 10.2. The summed E-state index contributed by atoms with van der Waals surface area (Å²) < 4.78 is 5.67. The first-order chi connectivity index (χ1) is 18.0. The highest BCUT2D eigenvalue weighted by molar-refractivity contribution is 5.99. The van der Waals surface area contributed by atoms with Crippen LogP contribution in [-0.2, 0) is 21.4 Å². The number of aromatic nitrogens is 1. The molecule has 7 nitrogen and oxygen atoms in total. The van der Waals surface area contributed by atoms with E-state index >= 15 is 0 Å². The second-order valence-corrected chi connectivity index (χ2v) is 10.2. The van der Waals surface area contributed by atoms with E-state index in [-0.39, 0.29) is 5.91 Å². The molecular formula is C30H37N5O2. The van der Waals surface area contributed by atoms with Gasteiger partial charge in [0, 0.05) is 62.5 Å². The van der Waals surface area contributed by atoms with Gasteiger partial charge in [0.2, 0.25) is 5.91 Å². The molecule has 3 aromatic rings. The Morgan fingerprint density at radius 1 is 1.03 bits per heavy atom. The van der Waals surface area contributed by atoms with Crippen LogP contribution in [0.25, 0.3) is 11.1 Å². The van der Waals surface area contributed by atoms with Crippen LogP contribution in [0.4, 0.5) is 17.2 Å². The van der Waals surface area contributed by atoms with Crippen molar-refractivity contribution in [1.29, 1.82) is 0 Å². The van der Waals surface area contributed by atoms with Gasteiger partial charge in [-0.25, -0.2) is 4.98 Å². The lowest BCUT2D eigenvalue weighted by Gasteiger charge is -2.37. The van der Waals surface area contributed by atoms with Gasteiger partial charge >= 0.3 is 0 Å². The molecule has 3 heterocycles. The average Bonchev–Trinajstić information content (AvgIpc) is 2.94. The maximum absolute atomic E-state index is 13.9. The fraction of sp³-hybridized carbons (Fsp3) is 0.400. The van der Waals surface area contributed by atoms with Gasteiger partial charge in [0.15, 0.2) is 0 Å². The minimum Gasteiger partial charge on any atom is -0.383 e. The zero-order valence-electron chi connectivity index (χ0n) is 21.9. The van der Waals surface area contributed by atoms with E-state index in [9.17, 15) is 4.79 Å². The maximum Gasteiger partial charge on any atom is 0.235 e. The second kappa shape index (κ2) is 10.9. The number of carbonyl (C=O) groups is 1. The number of rotatable bonds is 6. The summed E-state index contributed by atoms with van der Waals surface area (Å²) in [6, 6.07) is 18.7.